The number of halogens is 1. The minimum atomic E-state index is 0.206. The molecule has 0 unspecified atom stereocenters. The molecule has 0 spiro atoms. The van der Waals surface area contributed by atoms with E-state index >= 15 is 0 Å². The van der Waals surface area contributed by atoms with Gasteiger partial charge in [-0.2, -0.15) is 8.75 Å². The van der Waals surface area contributed by atoms with Crippen molar-refractivity contribution in [2.75, 3.05) is 6.07 Å². The summed E-state index contributed by atoms with van der Waals surface area (Å²) in [6.07, 6.45) is 1.66. The zero-order valence-corrected chi connectivity index (χ0v) is 6.15. The number of aromatic nitrogens is 2. The highest BCUT2D eigenvalue weighted by molar-refractivity contribution is 6.99. The molecule has 1 aromatic rings. The van der Waals surface area contributed by atoms with Crippen LogP contribution in [-0.4, -0.2) is 14.8 Å². The normalized spacial score (nSPS) is 9.89. The van der Waals surface area contributed by atoms with Gasteiger partial charge in [0.2, 0.25) is 0 Å². The van der Waals surface area contributed by atoms with Gasteiger partial charge in [0.25, 0.3) is 0 Å². The van der Waals surface area contributed by atoms with E-state index in [-0.39, 0.29) is 6.07 Å². The Morgan fingerprint density at radius 2 is 2.67 bits per heavy atom. The lowest BCUT2D eigenvalue weighted by molar-refractivity contribution is 0.163. The number of alkyl halides is 1. The second kappa shape index (κ2) is 3.76. The molecule has 0 aliphatic heterocycles. The molecular weight excluding hydrogens is 160 g/mol. The molecule has 9 heavy (non-hydrogen) atoms. The predicted molar refractivity (Wildman–Crippen MR) is 35.4 cm³/mol. The first-order valence-corrected chi connectivity index (χ1v) is 3.60. The molecular formula is C4H5ClN2OS. The molecule has 0 radical (unpaired) electrons. The Hall–Kier alpha value is -0.190. The molecule has 1 rings (SSSR count). The summed E-state index contributed by atoms with van der Waals surface area (Å²) in [5.74, 6) is 0. The molecule has 0 fully saturated rings. The summed E-state index contributed by atoms with van der Waals surface area (Å²) in [5.41, 5.74) is 0.834. The highest BCUT2D eigenvalue weighted by Crippen LogP contribution is 1.97. The third-order valence-corrected chi connectivity index (χ3v) is 1.40. The molecule has 0 saturated carbocycles. The van der Waals surface area contributed by atoms with Gasteiger partial charge in [0.1, 0.15) is 11.8 Å². The van der Waals surface area contributed by atoms with Crippen molar-refractivity contribution in [2.45, 2.75) is 6.61 Å². The van der Waals surface area contributed by atoms with Gasteiger partial charge in [0, 0.05) is 0 Å². The maximum absolute atomic E-state index is 5.25. The van der Waals surface area contributed by atoms with E-state index in [0.29, 0.717) is 6.61 Å². The van der Waals surface area contributed by atoms with Gasteiger partial charge in [-0.15, -0.1) is 0 Å². The van der Waals surface area contributed by atoms with E-state index in [1.807, 2.05) is 0 Å². The summed E-state index contributed by atoms with van der Waals surface area (Å²) in [5, 5.41) is 0. The van der Waals surface area contributed by atoms with Crippen LogP contribution in [0.5, 0.6) is 0 Å². The Kier molecular flexibility index (Phi) is 2.90. The maximum Gasteiger partial charge on any atom is 0.121 e. The van der Waals surface area contributed by atoms with Crippen LogP contribution < -0.4 is 0 Å². The molecule has 0 atom stereocenters. The Labute approximate surface area is 61.9 Å². The SMILES string of the molecule is ClCOCc1cnsn1. The van der Waals surface area contributed by atoms with Crippen LogP contribution in [0.2, 0.25) is 0 Å². The minimum absolute atomic E-state index is 0.206. The van der Waals surface area contributed by atoms with Crippen LogP contribution in [0.3, 0.4) is 0 Å². The standard InChI is InChI=1S/C4H5ClN2OS/c5-3-8-2-4-1-6-9-7-4/h1H,2-3H2. The largest absolute Gasteiger partial charge is 0.359 e. The van der Waals surface area contributed by atoms with Gasteiger partial charge in [-0.25, -0.2) is 0 Å². The van der Waals surface area contributed by atoms with Crippen molar-refractivity contribution in [2.24, 2.45) is 0 Å². The quantitative estimate of drug-likeness (QED) is 0.631. The number of hydrogen-bond donors (Lipinski definition) is 0. The number of hydrogen-bond acceptors (Lipinski definition) is 4. The molecule has 50 valence electrons. The van der Waals surface area contributed by atoms with E-state index in [9.17, 15) is 0 Å². The molecule has 0 amide bonds. The smallest absolute Gasteiger partial charge is 0.121 e. The van der Waals surface area contributed by atoms with Crippen molar-refractivity contribution >= 4 is 23.3 Å². The Morgan fingerprint density at radius 1 is 1.78 bits per heavy atom. The Bertz CT molecular complexity index is 156. The van der Waals surface area contributed by atoms with Crippen molar-refractivity contribution in [3.05, 3.63) is 11.9 Å². The molecule has 0 saturated heterocycles. The average molecular weight is 165 g/mol. The van der Waals surface area contributed by atoms with E-state index in [1.54, 1.807) is 6.20 Å². The first-order valence-electron chi connectivity index (χ1n) is 2.33. The Morgan fingerprint density at radius 3 is 3.22 bits per heavy atom. The first-order chi connectivity index (χ1) is 4.43. The molecule has 0 N–H and O–H groups in total. The number of ether oxygens (including phenoxy) is 1. The van der Waals surface area contributed by atoms with Gasteiger partial charge in [-0.05, 0) is 0 Å². The summed E-state index contributed by atoms with van der Waals surface area (Å²) < 4.78 is 12.5. The van der Waals surface area contributed by atoms with Crippen molar-refractivity contribution in [1.29, 1.82) is 0 Å². The van der Waals surface area contributed by atoms with E-state index in [0.717, 1.165) is 5.69 Å². The van der Waals surface area contributed by atoms with Gasteiger partial charge >= 0.3 is 0 Å². The average Bonchev–Trinajstić information content (AvgIpc) is 2.34. The van der Waals surface area contributed by atoms with E-state index in [1.165, 1.54) is 11.7 Å². The molecule has 3 nitrogen and oxygen atoms in total. The van der Waals surface area contributed by atoms with Gasteiger partial charge in [0.05, 0.1) is 24.5 Å². The number of rotatable bonds is 3. The fourth-order valence-electron chi connectivity index (χ4n) is 0.391. The summed E-state index contributed by atoms with van der Waals surface area (Å²) in [7, 11) is 0. The fourth-order valence-corrected chi connectivity index (χ4v) is 0.889. The molecule has 0 aliphatic rings. The molecule has 0 bridgehead atoms. The fraction of sp³-hybridized carbons (Fsp3) is 0.500. The van der Waals surface area contributed by atoms with E-state index < -0.39 is 0 Å². The van der Waals surface area contributed by atoms with Crippen LogP contribution in [0.4, 0.5) is 0 Å². The summed E-state index contributed by atoms with van der Waals surface area (Å²) >= 11 is 6.42. The van der Waals surface area contributed by atoms with Crippen molar-refractivity contribution in [1.82, 2.24) is 8.75 Å². The van der Waals surface area contributed by atoms with Crippen LogP contribution >= 0.6 is 23.3 Å². The van der Waals surface area contributed by atoms with Crippen molar-refractivity contribution < 1.29 is 4.74 Å². The Balaban J connectivity index is 2.30. The second-order valence-corrected chi connectivity index (χ2v) is 2.13. The van der Waals surface area contributed by atoms with Gasteiger partial charge in [-0.3, -0.25) is 0 Å². The van der Waals surface area contributed by atoms with Crippen molar-refractivity contribution in [3.8, 4) is 0 Å². The monoisotopic (exact) mass is 164 g/mol. The van der Waals surface area contributed by atoms with E-state index in [4.69, 9.17) is 16.3 Å². The van der Waals surface area contributed by atoms with Gasteiger partial charge < -0.3 is 4.74 Å². The molecule has 1 heterocycles. The third kappa shape index (κ3) is 2.26. The summed E-state index contributed by atoms with van der Waals surface area (Å²) in [6, 6.07) is 0.206. The highest BCUT2D eigenvalue weighted by Gasteiger charge is 1.92. The topological polar surface area (TPSA) is 35.0 Å². The summed E-state index contributed by atoms with van der Waals surface area (Å²) in [4.78, 5) is 0. The van der Waals surface area contributed by atoms with Crippen LogP contribution in [0.25, 0.3) is 0 Å². The van der Waals surface area contributed by atoms with Crippen LogP contribution in [0.15, 0.2) is 6.20 Å². The molecule has 5 heteroatoms. The lowest BCUT2D eigenvalue weighted by Gasteiger charge is -1.91. The molecule has 0 aliphatic carbocycles. The lowest BCUT2D eigenvalue weighted by Crippen LogP contribution is -1.88. The third-order valence-electron chi connectivity index (χ3n) is 0.734. The predicted octanol–water partition coefficient (Wildman–Crippen LogP) is 1.25. The second-order valence-electron chi connectivity index (χ2n) is 1.36. The first kappa shape index (κ1) is 6.92. The molecule has 0 aromatic carbocycles. The molecule has 1 aromatic heterocycles. The maximum atomic E-state index is 5.25. The van der Waals surface area contributed by atoms with Crippen molar-refractivity contribution in [3.63, 3.8) is 0 Å². The lowest BCUT2D eigenvalue weighted by atomic mass is 10.5. The summed E-state index contributed by atoms with van der Waals surface area (Å²) in [6.45, 7) is 0.458. The van der Waals surface area contributed by atoms with Gasteiger partial charge in [-0.1, -0.05) is 11.6 Å². The zero-order valence-electron chi connectivity index (χ0n) is 4.58. The van der Waals surface area contributed by atoms with Crippen LogP contribution in [-0.2, 0) is 11.3 Å². The van der Waals surface area contributed by atoms with Crippen LogP contribution in [0.1, 0.15) is 5.69 Å². The van der Waals surface area contributed by atoms with E-state index in [2.05, 4.69) is 8.75 Å². The van der Waals surface area contributed by atoms with Crippen LogP contribution in [0, 0.1) is 0 Å². The van der Waals surface area contributed by atoms with Gasteiger partial charge in [0.15, 0.2) is 0 Å². The zero-order chi connectivity index (χ0) is 6.53. The number of nitrogens with zero attached hydrogens (tertiary/aromatic N) is 2. The minimum Gasteiger partial charge on any atom is -0.359 e. The highest BCUT2D eigenvalue weighted by atomic mass is 35.5.